The number of carbonyl (C=O) groups excluding carboxylic acids is 2. The SMILES string of the molecule is Cc1cc(Cl)ccc1OC(C)C(=O)NCCNC(=O)c1nc(-c2cccc(Cl)c2)no1. The quantitative estimate of drug-likeness (QED) is 0.494. The van der Waals surface area contributed by atoms with Gasteiger partial charge in [0.1, 0.15) is 5.75 Å². The van der Waals surface area contributed by atoms with Gasteiger partial charge < -0.3 is 19.9 Å². The first kappa shape index (κ1) is 22.6. The summed E-state index contributed by atoms with van der Waals surface area (Å²) in [5.74, 6) is -0.214. The number of nitrogens with one attached hydrogen (secondary N) is 2. The Hall–Kier alpha value is -3.10. The topological polar surface area (TPSA) is 106 Å². The van der Waals surface area contributed by atoms with Gasteiger partial charge >= 0.3 is 11.8 Å². The van der Waals surface area contributed by atoms with Crippen molar-refractivity contribution in [3.63, 3.8) is 0 Å². The van der Waals surface area contributed by atoms with E-state index in [0.29, 0.717) is 21.4 Å². The summed E-state index contributed by atoms with van der Waals surface area (Å²) < 4.78 is 10.7. The van der Waals surface area contributed by atoms with Gasteiger partial charge in [-0.15, -0.1) is 0 Å². The Bertz CT molecular complexity index is 1090. The molecule has 1 heterocycles. The van der Waals surface area contributed by atoms with Crippen molar-refractivity contribution < 1.29 is 18.8 Å². The fraction of sp³-hybridized carbons (Fsp3) is 0.238. The standard InChI is InChI=1S/C21H20Cl2N4O4/c1-12-10-16(23)6-7-17(12)30-13(2)19(28)24-8-9-25-20(29)21-26-18(27-31-21)14-4-3-5-15(22)11-14/h3-7,10-11,13H,8-9H2,1-2H3,(H,24,28)(H,25,29). The van der Waals surface area contributed by atoms with Gasteiger partial charge in [-0.2, -0.15) is 4.98 Å². The van der Waals surface area contributed by atoms with Crippen LogP contribution in [0.1, 0.15) is 23.2 Å². The summed E-state index contributed by atoms with van der Waals surface area (Å²) in [5, 5.41) is 10.2. The van der Waals surface area contributed by atoms with Crippen LogP contribution in [0.15, 0.2) is 47.0 Å². The Balaban J connectivity index is 1.44. The van der Waals surface area contributed by atoms with E-state index in [1.54, 1.807) is 49.4 Å². The Morgan fingerprint density at radius 2 is 1.84 bits per heavy atom. The van der Waals surface area contributed by atoms with Gasteiger partial charge in [0, 0.05) is 28.7 Å². The van der Waals surface area contributed by atoms with Gasteiger partial charge in [0.05, 0.1) is 0 Å². The van der Waals surface area contributed by atoms with Gasteiger partial charge in [-0.1, -0.05) is 40.5 Å². The van der Waals surface area contributed by atoms with Crippen molar-refractivity contribution in [3.8, 4) is 17.1 Å². The highest BCUT2D eigenvalue weighted by Gasteiger charge is 2.17. The highest BCUT2D eigenvalue weighted by Crippen LogP contribution is 2.23. The molecule has 0 radical (unpaired) electrons. The maximum atomic E-state index is 12.2. The van der Waals surface area contributed by atoms with Gasteiger partial charge in [-0.05, 0) is 49.7 Å². The zero-order valence-electron chi connectivity index (χ0n) is 16.8. The van der Waals surface area contributed by atoms with Gasteiger partial charge in [0.15, 0.2) is 6.10 Å². The predicted octanol–water partition coefficient (Wildman–Crippen LogP) is 3.67. The Morgan fingerprint density at radius 1 is 1.10 bits per heavy atom. The number of hydrogen-bond donors (Lipinski definition) is 2. The molecule has 31 heavy (non-hydrogen) atoms. The highest BCUT2D eigenvalue weighted by atomic mass is 35.5. The minimum absolute atomic E-state index is 0.173. The summed E-state index contributed by atoms with van der Waals surface area (Å²) in [6.45, 7) is 3.85. The third-order valence-corrected chi connectivity index (χ3v) is 4.69. The third-order valence-electron chi connectivity index (χ3n) is 4.22. The van der Waals surface area contributed by atoms with Crippen LogP contribution < -0.4 is 15.4 Å². The molecule has 1 unspecified atom stereocenters. The molecule has 8 nitrogen and oxygen atoms in total. The molecular formula is C21H20Cl2N4O4. The van der Waals surface area contributed by atoms with Crippen LogP contribution in [0.25, 0.3) is 11.4 Å². The summed E-state index contributed by atoms with van der Waals surface area (Å²) in [5.41, 5.74) is 1.46. The summed E-state index contributed by atoms with van der Waals surface area (Å²) in [7, 11) is 0. The lowest BCUT2D eigenvalue weighted by Crippen LogP contribution is -2.40. The number of ether oxygens (including phenoxy) is 1. The van der Waals surface area contributed by atoms with Gasteiger partial charge in [0.2, 0.25) is 5.82 Å². The van der Waals surface area contributed by atoms with Crippen molar-refractivity contribution in [1.82, 2.24) is 20.8 Å². The maximum absolute atomic E-state index is 12.2. The lowest BCUT2D eigenvalue weighted by molar-refractivity contribution is -0.127. The van der Waals surface area contributed by atoms with Crippen molar-refractivity contribution in [3.05, 3.63) is 64.0 Å². The zero-order chi connectivity index (χ0) is 22.4. The highest BCUT2D eigenvalue weighted by molar-refractivity contribution is 6.31. The van der Waals surface area contributed by atoms with E-state index in [0.717, 1.165) is 5.56 Å². The Morgan fingerprint density at radius 3 is 2.58 bits per heavy atom. The maximum Gasteiger partial charge on any atom is 0.316 e. The van der Waals surface area contributed by atoms with Gasteiger partial charge in [-0.25, -0.2) is 0 Å². The number of amides is 2. The second-order valence-corrected chi connectivity index (χ2v) is 7.52. The molecule has 0 aliphatic rings. The molecule has 1 aromatic heterocycles. The smallest absolute Gasteiger partial charge is 0.316 e. The van der Waals surface area contributed by atoms with Crippen LogP contribution >= 0.6 is 23.2 Å². The van der Waals surface area contributed by atoms with Crippen molar-refractivity contribution in [2.24, 2.45) is 0 Å². The van der Waals surface area contributed by atoms with Crippen LogP contribution in [0.4, 0.5) is 0 Å². The molecule has 0 fully saturated rings. The van der Waals surface area contributed by atoms with Crippen LogP contribution in [0, 0.1) is 6.92 Å². The molecule has 3 aromatic rings. The van der Waals surface area contributed by atoms with E-state index in [-0.39, 0.29) is 30.7 Å². The van der Waals surface area contributed by atoms with Crippen LogP contribution in [0.3, 0.4) is 0 Å². The van der Waals surface area contributed by atoms with Crippen LogP contribution in [-0.4, -0.2) is 41.1 Å². The molecular weight excluding hydrogens is 443 g/mol. The zero-order valence-corrected chi connectivity index (χ0v) is 18.3. The molecule has 0 aliphatic heterocycles. The van der Waals surface area contributed by atoms with Crippen molar-refractivity contribution in [2.45, 2.75) is 20.0 Å². The van der Waals surface area contributed by atoms with Crippen molar-refractivity contribution >= 4 is 35.0 Å². The average Bonchev–Trinajstić information content (AvgIpc) is 3.23. The van der Waals surface area contributed by atoms with E-state index in [1.165, 1.54) is 0 Å². The number of carbonyl (C=O) groups is 2. The van der Waals surface area contributed by atoms with E-state index in [4.69, 9.17) is 32.5 Å². The number of benzene rings is 2. The largest absolute Gasteiger partial charge is 0.481 e. The minimum atomic E-state index is -0.716. The van der Waals surface area contributed by atoms with Crippen molar-refractivity contribution in [1.29, 1.82) is 0 Å². The van der Waals surface area contributed by atoms with Crippen LogP contribution in [0.5, 0.6) is 5.75 Å². The second kappa shape index (κ2) is 10.3. The number of halogens is 2. The first-order valence-corrected chi connectivity index (χ1v) is 10.2. The fourth-order valence-corrected chi connectivity index (χ4v) is 3.05. The molecule has 3 rings (SSSR count). The van der Waals surface area contributed by atoms with Crippen LogP contribution in [-0.2, 0) is 4.79 Å². The molecule has 0 aliphatic carbocycles. The Labute approximate surface area is 188 Å². The van der Waals surface area contributed by atoms with Crippen molar-refractivity contribution in [2.75, 3.05) is 13.1 Å². The Kier molecular flexibility index (Phi) is 7.49. The van der Waals surface area contributed by atoms with Gasteiger partial charge in [-0.3, -0.25) is 9.59 Å². The fourth-order valence-electron chi connectivity index (χ4n) is 2.63. The molecule has 0 spiro atoms. The summed E-state index contributed by atoms with van der Waals surface area (Å²) in [4.78, 5) is 28.4. The molecule has 10 heteroatoms. The summed E-state index contributed by atoms with van der Waals surface area (Å²) in [6, 6.07) is 12.0. The molecule has 162 valence electrons. The molecule has 0 bridgehead atoms. The number of nitrogens with zero attached hydrogens (tertiary/aromatic N) is 2. The van der Waals surface area contributed by atoms with E-state index < -0.39 is 12.0 Å². The summed E-state index contributed by atoms with van der Waals surface area (Å²) >= 11 is 11.9. The number of aryl methyl sites for hydroxylation is 1. The molecule has 0 saturated carbocycles. The van der Waals surface area contributed by atoms with Crippen LogP contribution in [0.2, 0.25) is 10.0 Å². The molecule has 1 atom stereocenters. The molecule has 2 amide bonds. The lowest BCUT2D eigenvalue weighted by Gasteiger charge is -2.16. The van der Waals surface area contributed by atoms with E-state index in [2.05, 4.69) is 20.8 Å². The molecule has 2 aromatic carbocycles. The molecule has 2 N–H and O–H groups in total. The van der Waals surface area contributed by atoms with E-state index >= 15 is 0 Å². The summed E-state index contributed by atoms with van der Waals surface area (Å²) in [6.07, 6.45) is -0.716. The third kappa shape index (κ3) is 6.19. The number of rotatable bonds is 8. The average molecular weight is 463 g/mol. The van der Waals surface area contributed by atoms with Gasteiger partial charge in [0.25, 0.3) is 5.91 Å². The number of aromatic nitrogens is 2. The first-order chi connectivity index (χ1) is 14.8. The normalized spacial score (nSPS) is 11.6. The monoisotopic (exact) mass is 462 g/mol. The number of hydrogen-bond acceptors (Lipinski definition) is 6. The second-order valence-electron chi connectivity index (χ2n) is 6.65. The van der Waals surface area contributed by atoms with E-state index in [9.17, 15) is 9.59 Å². The minimum Gasteiger partial charge on any atom is -0.481 e. The lowest BCUT2D eigenvalue weighted by atomic mass is 10.2. The molecule has 0 saturated heterocycles. The predicted molar refractivity (Wildman–Crippen MR) is 116 cm³/mol. The van der Waals surface area contributed by atoms with E-state index in [1.807, 2.05) is 6.92 Å². The first-order valence-electron chi connectivity index (χ1n) is 9.42.